The van der Waals surface area contributed by atoms with Crippen molar-refractivity contribution < 1.29 is 0 Å². The Balaban J connectivity index is 2.10. The van der Waals surface area contributed by atoms with Crippen molar-refractivity contribution in [1.82, 2.24) is 5.32 Å². The SMILES string of the molecule is CCNC(Cc1cccc(Cl)c1Cl)C1CCCS1. The zero-order chi connectivity index (χ0) is 13.0. The van der Waals surface area contributed by atoms with E-state index in [0.29, 0.717) is 21.3 Å². The summed E-state index contributed by atoms with van der Waals surface area (Å²) < 4.78 is 0. The molecular formula is C14H19Cl2NS. The average Bonchev–Trinajstić information content (AvgIpc) is 2.88. The predicted octanol–water partition coefficient (Wildman–Crippen LogP) is 4.41. The molecule has 0 bridgehead atoms. The first-order valence-corrected chi connectivity index (χ1v) is 8.30. The predicted molar refractivity (Wildman–Crippen MR) is 83.1 cm³/mol. The molecule has 2 unspecified atom stereocenters. The number of thioether (sulfide) groups is 1. The molecule has 1 nitrogen and oxygen atoms in total. The number of rotatable bonds is 5. The smallest absolute Gasteiger partial charge is 0.0624 e. The van der Waals surface area contributed by atoms with Gasteiger partial charge in [-0.3, -0.25) is 0 Å². The Morgan fingerprint density at radius 1 is 1.44 bits per heavy atom. The van der Waals surface area contributed by atoms with E-state index < -0.39 is 0 Å². The van der Waals surface area contributed by atoms with Crippen molar-refractivity contribution in [2.75, 3.05) is 12.3 Å². The molecule has 1 saturated heterocycles. The summed E-state index contributed by atoms with van der Waals surface area (Å²) in [4.78, 5) is 0. The first-order valence-electron chi connectivity index (χ1n) is 6.50. The van der Waals surface area contributed by atoms with E-state index in [-0.39, 0.29) is 0 Å². The lowest BCUT2D eigenvalue weighted by atomic mass is 10.0. The Bertz CT molecular complexity index is 391. The molecular weight excluding hydrogens is 285 g/mol. The maximum absolute atomic E-state index is 6.28. The van der Waals surface area contributed by atoms with E-state index in [9.17, 15) is 0 Å². The van der Waals surface area contributed by atoms with Crippen LogP contribution < -0.4 is 5.32 Å². The highest BCUT2D eigenvalue weighted by atomic mass is 35.5. The molecule has 0 aromatic heterocycles. The summed E-state index contributed by atoms with van der Waals surface area (Å²) in [7, 11) is 0. The van der Waals surface area contributed by atoms with Crippen LogP contribution in [-0.4, -0.2) is 23.6 Å². The zero-order valence-electron chi connectivity index (χ0n) is 10.6. The molecule has 1 fully saturated rings. The number of likely N-dealkylation sites (N-methyl/N-ethyl adjacent to an activating group) is 1. The molecule has 0 saturated carbocycles. The van der Waals surface area contributed by atoms with Crippen LogP contribution in [-0.2, 0) is 6.42 Å². The summed E-state index contributed by atoms with van der Waals surface area (Å²) in [5.74, 6) is 1.29. The van der Waals surface area contributed by atoms with Crippen molar-refractivity contribution >= 4 is 35.0 Å². The molecule has 2 atom stereocenters. The van der Waals surface area contributed by atoms with E-state index in [1.54, 1.807) is 0 Å². The standard InChI is InChI=1S/C14H19Cl2NS/c1-2-17-12(13-7-4-8-18-13)9-10-5-3-6-11(15)14(10)16/h3,5-6,12-13,17H,2,4,7-9H2,1H3. The third kappa shape index (κ3) is 3.57. The van der Waals surface area contributed by atoms with Crippen LogP contribution in [0.5, 0.6) is 0 Å². The molecule has 4 heteroatoms. The van der Waals surface area contributed by atoms with E-state index in [0.717, 1.165) is 18.5 Å². The Morgan fingerprint density at radius 2 is 2.28 bits per heavy atom. The van der Waals surface area contributed by atoms with Crippen LogP contribution in [0.25, 0.3) is 0 Å². The molecule has 1 aromatic carbocycles. The van der Waals surface area contributed by atoms with Crippen LogP contribution in [0.15, 0.2) is 18.2 Å². The number of nitrogens with one attached hydrogen (secondary N) is 1. The van der Waals surface area contributed by atoms with Gasteiger partial charge in [-0.05, 0) is 43.2 Å². The van der Waals surface area contributed by atoms with E-state index in [1.165, 1.54) is 18.6 Å². The Hall–Kier alpha value is 0.110. The highest BCUT2D eigenvalue weighted by Gasteiger charge is 2.25. The van der Waals surface area contributed by atoms with Crippen LogP contribution in [0.3, 0.4) is 0 Å². The summed E-state index contributed by atoms with van der Waals surface area (Å²) in [5, 5.41) is 5.67. The second-order valence-electron chi connectivity index (χ2n) is 4.63. The molecule has 2 rings (SSSR count). The average molecular weight is 304 g/mol. The minimum Gasteiger partial charge on any atom is -0.313 e. The van der Waals surface area contributed by atoms with Gasteiger partial charge in [0.25, 0.3) is 0 Å². The van der Waals surface area contributed by atoms with Crippen LogP contribution in [0.1, 0.15) is 25.3 Å². The third-order valence-electron chi connectivity index (χ3n) is 3.35. The lowest BCUT2D eigenvalue weighted by molar-refractivity contribution is 0.495. The Morgan fingerprint density at radius 3 is 2.94 bits per heavy atom. The molecule has 0 aliphatic carbocycles. The van der Waals surface area contributed by atoms with Crippen LogP contribution in [0.2, 0.25) is 10.0 Å². The first-order chi connectivity index (χ1) is 8.72. The Labute approximate surface area is 124 Å². The summed E-state index contributed by atoms with van der Waals surface area (Å²) in [5.41, 5.74) is 1.16. The van der Waals surface area contributed by atoms with Crippen molar-refractivity contribution in [1.29, 1.82) is 0 Å². The highest BCUT2D eigenvalue weighted by Crippen LogP contribution is 2.32. The molecule has 1 aliphatic rings. The van der Waals surface area contributed by atoms with Gasteiger partial charge < -0.3 is 5.32 Å². The minimum absolute atomic E-state index is 0.499. The zero-order valence-corrected chi connectivity index (χ0v) is 12.9. The molecule has 100 valence electrons. The number of halogens is 2. The van der Waals surface area contributed by atoms with E-state index >= 15 is 0 Å². The van der Waals surface area contributed by atoms with Gasteiger partial charge in [0, 0.05) is 11.3 Å². The maximum atomic E-state index is 6.28. The fraction of sp³-hybridized carbons (Fsp3) is 0.571. The van der Waals surface area contributed by atoms with Gasteiger partial charge in [-0.25, -0.2) is 0 Å². The van der Waals surface area contributed by atoms with Crippen molar-refractivity contribution in [3.63, 3.8) is 0 Å². The summed E-state index contributed by atoms with van der Waals surface area (Å²) in [6, 6.07) is 6.41. The largest absolute Gasteiger partial charge is 0.313 e. The van der Waals surface area contributed by atoms with E-state index in [4.69, 9.17) is 23.2 Å². The lowest BCUT2D eigenvalue weighted by Crippen LogP contribution is -2.39. The Kier molecular flexibility index (Phi) is 5.68. The van der Waals surface area contributed by atoms with Crippen LogP contribution in [0.4, 0.5) is 0 Å². The van der Waals surface area contributed by atoms with Crippen LogP contribution >= 0.6 is 35.0 Å². The number of benzene rings is 1. The van der Waals surface area contributed by atoms with Gasteiger partial charge in [-0.1, -0.05) is 42.3 Å². The fourth-order valence-corrected chi connectivity index (χ4v) is 4.25. The molecule has 0 spiro atoms. The highest BCUT2D eigenvalue weighted by molar-refractivity contribution is 8.00. The van der Waals surface area contributed by atoms with Gasteiger partial charge in [-0.2, -0.15) is 11.8 Å². The van der Waals surface area contributed by atoms with Gasteiger partial charge in [0.2, 0.25) is 0 Å². The topological polar surface area (TPSA) is 12.0 Å². The molecule has 1 heterocycles. The molecule has 18 heavy (non-hydrogen) atoms. The number of hydrogen-bond donors (Lipinski definition) is 1. The monoisotopic (exact) mass is 303 g/mol. The maximum Gasteiger partial charge on any atom is 0.0624 e. The van der Waals surface area contributed by atoms with Crippen molar-refractivity contribution in [2.45, 2.75) is 37.5 Å². The normalized spacial score (nSPS) is 21.2. The molecule has 1 aliphatic heterocycles. The molecule has 1 aromatic rings. The van der Waals surface area contributed by atoms with Crippen LogP contribution in [0, 0.1) is 0 Å². The van der Waals surface area contributed by atoms with Crippen molar-refractivity contribution in [3.8, 4) is 0 Å². The molecule has 0 radical (unpaired) electrons. The van der Waals surface area contributed by atoms with Crippen molar-refractivity contribution in [2.24, 2.45) is 0 Å². The second-order valence-corrected chi connectivity index (χ2v) is 6.76. The van der Waals surface area contributed by atoms with Gasteiger partial charge in [0.05, 0.1) is 10.0 Å². The minimum atomic E-state index is 0.499. The van der Waals surface area contributed by atoms with Gasteiger partial charge >= 0.3 is 0 Å². The van der Waals surface area contributed by atoms with E-state index in [1.807, 2.05) is 12.1 Å². The summed E-state index contributed by atoms with van der Waals surface area (Å²) in [6.45, 7) is 3.16. The molecule has 1 N–H and O–H groups in total. The van der Waals surface area contributed by atoms with Gasteiger partial charge in [0.1, 0.15) is 0 Å². The van der Waals surface area contributed by atoms with Gasteiger partial charge in [0.15, 0.2) is 0 Å². The lowest BCUT2D eigenvalue weighted by Gasteiger charge is -2.24. The van der Waals surface area contributed by atoms with E-state index in [2.05, 4.69) is 30.1 Å². The first kappa shape index (κ1) is 14.5. The van der Waals surface area contributed by atoms with Gasteiger partial charge in [-0.15, -0.1) is 0 Å². The summed E-state index contributed by atoms with van der Waals surface area (Å²) >= 11 is 14.4. The van der Waals surface area contributed by atoms with Crippen molar-refractivity contribution in [3.05, 3.63) is 33.8 Å². The quantitative estimate of drug-likeness (QED) is 0.865. The third-order valence-corrected chi connectivity index (χ3v) is 5.73. The second kappa shape index (κ2) is 7.04. The fourth-order valence-electron chi connectivity index (χ4n) is 2.46. The number of hydrogen-bond acceptors (Lipinski definition) is 2. The molecule has 0 amide bonds. The summed E-state index contributed by atoms with van der Waals surface area (Å²) in [6.07, 6.45) is 3.60.